The number of allylic oxidation sites excluding steroid dienone is 1. The van der Waals surface area contributed by atoms with E-state index in [0.717, 1.165) is 55.3 Å². The number of hydrogen-bond acceptors (Lipinski definition) is 5. The van der Waals surface area contributed by atoms with Crippen LogP contribution in [0.15, 0.2) is 119 Å². The highest BCUT2D eigenvalue weighted by Gasteiger charge is 2.15. The number of ether oxygens (including phenoxy) is 3. The SMILES string of the molecule is C=CCc1cc(/C=N/NC(=O)c2ccc(-n3c(C)ccc3-c3ccccc3)cc2)cc(Br)c1OCc1ccc2c(c1)OCO2. The number of carbonyl (C=O) groups excluding carboxylic acids is 1. The molecule has 0 bridgehead atoms. The van der Waals surface area contributed by atoms with Crippen molar-refractivity contribution < 1.29 is 19.0 Å². The third-order valence-corrected chi connectivity index (χ3v) is 7.83. The van der Waals surface area contributed by atoms with Crippen LogP contribution in [0.3, 0.4) is 0 Å². The summed E-state index contributed by atoms with van der Waals surface area (Å²) in [6.07, 6.45) is 4.03. The van der Waals surface area contributed by atoms with Gasteiger partial charge in [-0.3, -0.25) is 4.79 Å². The van der Waals surface area contributed by atoms with Gasteiger partial charge in [-0.15, -0.1) is 6.58 Å². The maximum Gasteiger partial charge on any atom is 0.271 e. The summed E-state index contributed by atoms with van der Waals surface area (Å²) in [4.78, 5) is 12.9. The molecule has 7 nitrogen and oxygen atoms in total. The number of nitrogens with one attached hydrogen (secondary N) is 1. The van der Waals surface area contributed by atoms with E-state index in [-0.39, 0.29) is 12.7 Å². The van der Waals surface area contributed by atoms with Gasteiger partial charge in [0, 0.05) is 16.9 Å². The van der Waals surface area contributed by atoms with Crippen molar-refractivity contribution in [2.75, 3.05) is 6.79 Å². The Balaban J connectivity index is 1.12. The molecule has 1 aromatic heterocycles. The number of benzene rings is 4. The van der Waals surface area contributed by atoms with Crippen LogP contribution in [0.25, 0.3) is 16.9 Å². The summed E-state index contributed by atoms with van der Waals surface area (Å²) < 4.78 is 20.0. The molecule has 1 aliphatic rings. The summed E-state index contributed by atoms with van der Waals surface area (Å²) in [6, 6.07) is 31.6. The van der Waals surface area contributed by atoms with Gasteiger partial charge in [0.1, 0.15) is 12.4 Å². The molecule has 220 valence electrons. The van der Waals surface area contributed by atoms with Crippen molar-refractivity contribution in [3.05, 3.63) is 142 Å². The van der Waals surface area contributed by atoms with Crippen LogP contribution in [0.4, 0.5) is 0 Å². The quantitative estimate of drug-likeness (QED) is 0.0946. The monoisotopic (exact) mass is 647 g/mol. The van der Waals surface area contributed by atoms with E-state index in [1.54, 1.807) is 18.3 Å². The summed E-state index contributed by atoms with van der Waals surface area (Å²) in [5.41, 5.74) is 10.2. The Bertz CT molecular complexity index is 1850. The van der Waals surface area contributed by atoms with Crippen molar-refractivity contribution in [2.45, 2.75) is 20.0 Å². The lowest BCUT2D eigenvalue weighted by Gasteiger charge is -2.14. The van der Waals surface area contributed by atoms with Crippen molar-refractivity contribution in [3.8, 4) is 34.2 Å². The number of amides is 1. The molecule has 0 saturated heterocycles. The Morgan fingerprint density at radius 3 is 2.59 bits per heavy atom. The van der Waals surface area contributed by atoms with Crippen LogP contribution in [0.5, 0.6) is 17.2 Å². The van der Waals surface area contributed by atoms with E-state index in [9.17, 15) is 4.79 Å². The van der Waals surface area contributed by atoms with Gasteiger partial charge in [0.05, 0.1) is 16.4 Å². The minimum atomic E-state index is -0.297. The van der Waals surface area contributed by atoms with Gasteiger partial charge >= 0.3 is 0 Å². The average Bonchev–Trinajstić information content (AvgIpc) is 3.67. The normalized spacial score (nSPS) is 12.0. The zero-order valence-corrected chi connectivity index (χ0v) is 25.7. The molecule has 0 radical (unpaired) electrons. The van der Waals surface area contributed by atoms with Crippen LogP contribution in [-0.4, -0.2) is 23.5 Å². The van der Waals surface area contributed by atoms with Crippen LogP contribution in [0, 0.1) is 6.92 Å². The third kappa shape index (κ3) is 6.31. The van der Waals surface area contributed by atoms with E-state index in [0.29, 0.717) is 24.3 Å². The second kappa shape index (κ2) is 13.1. The summed E-state index contributed by atoms with van der Waals surface area (Å²) in [6.45, 7) is 6.55. The van der Waals surface area contributed by atoms with Crippen molar-refractivity contribution in [1.82, 2.24) is 9.99 Å². The molecule has 0 atom stereocenters. The second-order valence-corrected chi connectivity index (χ2v) is 11.1. The van der Waals surface area contributed by atoms with Crippen molar-refractivity contribution in [2.24, 2.45) is 5.10 Å². The highest BCUT2D eigenvalue weighted by molar-refractivity contribution is 9.10. The lowest BCUT2D eigenvalue weighted by atomic mass is 10.1. The van der Waals surface area contributed by atoms with Gasteiger partial charge in [0.15, 0.2) is 11.5 Å². The van der Waals surface area contributed by atoms with E-state index in [4.69, 9.17) is 14.2 Å². The predicted molar refractivity (Wildman–Crippen MR) is 176 cm³/mol. The molecule has 6 rings (SSSR count). The van der Waals surface area contributed by atoms with E-state index >= 15 is 0 Å². The number of fused-ring (bicyclic) bond motifs is 1. The number of hydrazone groups is 1. The van der Waals surface area contributed by atoms with Crippen molar-refractivity contribution in [3.63, 3.8) is 0 Å². The number of halogens is 1. The van der Waals surface area contributed by atoms with E-state index in [2.05, 4.69) is 68.8 Å². The Hall–Kier alpha value is -5.08. The van der Waals surface area contributed by atoms with Gasteiger partial charge < -0.3 is 18.8 Å². The summed E-state index contributed by atoms with van der Waals surface area (Å²) in [5, 5.41) is 4.21. The maximum absolute atomic E-state index is 12.9. The molecule has 0 unspecified atom stereocenters. The number of aromatic nitrogens is 1. The highest BCUT2D eigenvalue weighted by Crippen LogP contribution is 2.35. The molecule has 0 fully saturated rings. The van der Waals surface area contributed by atoms with Gasteiger partial charge in [-0.05, 0) is 112 Å². The molecular weight excluding hydrogens is 618 g/mol. The first-order chi connectivity index (χ1) is 21.5. The average molecular weight is 649 g/mol. The van der Waals surface area contributed by atoms with Crippen LogP contribution in [0.1, 0.15) is 32.7 Å². The predicted octanol–water partition coefficient (Wildman–Crippen LogP) is 8.02. The number of aryl methyl sites for hydroxylation is 1. The number of hydrogen-bond donors (Lipinski definition) is 1. The maximum atomic E-state index is 12.9. The number of carbonyl (C=O) groups is 1. The van der Waals surface area contributed by atoms with Crippen LogP contribution in [0.2, 0.25) is 0 Å². The summed E-state index contributed by atoms with van der Waals surface area (Å²) >= 11 is 3.64. The van der Waals surface area contributed by atoms with Crippen molar-refractivity contribution >= 4 is 28.1 Å². The molecule has 44 heavy (non-hydrogen) atoms. The van der Waals surface area contributed by atoms with E-state index < -0.39 is 0 Å². The lowest BCUT2D eigenvalue weighted by Crippen LogP contribution is -2.17. The zero-order chi connectivity index (χ0) is 30.5. The molecule has 1 amide bonds. The largest absolute Gasteiger partial charge is 0.487 e. The van der Waals surface area contributed by atoms with Gasteiger partial charge in [0.25, 0.3) is 5.91 Å². The molecule has 1 aliphatic heterocycles. The van der Waals surface area contributed by atoms with Gasteiger partial charge in [-0.25, -0.2) is 5.43 Å². The molecule has 5 aromatic rings. The standard InChI is InChI=1S/C36H30BrN3O4/c1-3-7-29-18-26(19-31(37)35(29)42-22-25-11-17-33-34(20-25)44-23-43-33)21-38-39-36(41)28-12-14-30(15-13-28)40-24(2)10-16-32(40)27-8-5-4-6-9-27/h3-6,8-21H,1,7,22-23H2,2H3,(H,39,41)/b38-21+. The van der Waals surface area contributed by atoms with E-state index in [1.807, 2.05) is 66.7 Å². The Morgan fingerprint density at radius 2 is 1.80 bits per heavy atom. The molecule has 4 aromatic carbocycles. The minimum Gasteiger partial charge on any atom is -0.487 e. The van der Waals surface area contributed by atoms with Gasteiger partial charge in [-0.1, -0.05) is 42.5 Å². The zero-order valence-electron chi connectivity index (χ0n) is 24.1. The fourth-order valence-corrected chi connectivity index (χ4v) is 5.74. The van der Waals surface area contributed by atoms with E-state index in [1.165, 1.54) is 0 Å². The summed E-state index contributed by atoms with van der Waals surface area (Å²) in [7, 11) is 0. The minimum absolute atomic E-state index is 0.231. The highest BCUT2D eigenvalue weighted by atomic mass is 79.9. The molecule has 1 N–H and O–H groups in total. The third-order valence-electron chi connectivity index (χ3n) is 7.24. The molecule has 0 spiro atoms. The molecule has 0 aliphatic carbocycles. The number of rotatable bonds is 10. The first-order valence-corrected chi connectivity index (χ1v) is 14.9. The summed E-state index contributed by atoms with van der Waals surface area (Å²) in [5.74, 6) is 1.88. The van der Waals surface area contributed by atoms with Gasteiger partial charge in [-0.2, -0.15) is 5.10 Å². The van der Waals surface area contributed by atoms with Crippen molar-refractivity contribution in [1.29, 1.82) is 0 Å². The fourth-order valence-electron chi connectivity index (χ4n) is 5.11. The first kappa shape index (κ1) is 29.0. The molecular formula is C36H30BrN3O4. The first-order valence-electron chi connectivity index (χ1n) is 14.1. The van der Waals surface area contributed by atoms with Crippen LogP contribution < -0.4 is 19.6 Å². The van der Waals surface area contributed by atoms with Gasteiger partial charge in [0.2, 0.25) is 6.79 Å². The van der Waals surface area contributed by atoms with Crippen LogP contribution >= 0.6 is 15.9 Å². The second-order valence-electron chi connectivity index (χ2n) is 10.3. The molecule has 0 saturated carbocycles. The Morgan fingerprint density at radius 1 is 1.00 bits per heavy atom. The fraction of sp³-hybridized carbons (Fsp3) is 0.111. The van der Waals surface area contributed by atoms with Crippen LogP contribution in [-0.2, 0) is 13.0 Å². The molecule has 2 heterocycles. The molecule has 8 heteroatoms. The smallest absolute Gasteiger partial charge is 0.271 e. The topological polar surface area (TPSA) is 74.1 Å². The number of nitrogens with zero attached hydrogens (tertiary/aromatic N) is 2. The Labute approximate surface area is 264 Å². The Kier molecular flexibility index (Phi) is 8.61. The lowest BCUT2D eigenvalue weighted by molar-refractivity contribution is 0.0955.